The molecular formula is C45H74N6O8S. The number of hydrogen-bond donors (Lipinski definition) is 5. The predicted octanol–water partition coefficient (Wildman–Crippen LogP) is 4.71. The van der Waals surface area contributed by atoms with Gasteiger partial charge in [-0.25, -0.2) is 13.2 Å². The van der Waals surface area contributed by atoms with Crippen LogP contribution in [0.5, 0.6) is 0 Å². The molecule has 1 saturated heterocycles. The Bertz CT molecular complexity index is 1780. The molecule has 5 rings (SSSR count). The number of sulfone groups is 1. The molecule has 0 radical (unpaired) electrons. The fourth-order valence-electron chi connectivity index (χ4n) is 10.2. The molecule has 0 bridgehead atoms. The summed E-state index contributed by atoms with van der Waals surface area (Å²) in [6.07, 6.45) is 11.2. The van der Waals surface area contributed by atoms with Crippen LogP contribution in [0.25, 0.3) is 0 Å². The Balaban J connectivity index is 1.39. The molecular weight excluding hydrogens is 785 g/mol. The molecule has 1 unspecified atom stereocenters. The van der Waals surface area contributed by atoms with Crippen molar-refractivity contribution in [3.05, 3.63) is 12.7 Å². The minimum Gasteiger partial charge on any atom is -0.346 e. The van der Waals surface area contributed by atoms with E-state index in [9.17, 15) is 37.2 Å². The van der Waals surface area contributed by atoms with E-state index >= 15 is 0 Å². The van der Waals surface area contributed by atoms with Gasteiger partial charge in [0.2, 0.25) is 23.5 Å². The van der Waals surface area contributed by atoms with Gasteiger partial charge < -0.3 is 31.5 Å². The van der Waals surface area contributed by atoms with Crippen molar-refractivity contribution in [1.82, 2.24) is 31.5 Å². The summed E-state index contributed by atoms with van der Waals surface area (Å²) >= 11 is 0. The van der Waals surface area contributed by atoms with Crippen molar-refractivity contribution in [3.63, 3.8) is 0 Å². The Morgan fingerprint density at radius 3 is 1.95 bits per heavy atom. The third-order valence-electron chi connectivity index (χ3n) is 14.5. The zero-order valence-electron chi connectivity index (χ0n) is 37.8. The van der Waals surface area contributed by atoms with E-state index in [0.717, 1.165) is 51.4 Å². The first-order chi connectivity index (χ1) is 27.8. The lowest BCUT2D eigenvalue weighted by molar-refractivity contribution is -0.147. The Labute approximate surface area is 358 Å². The van der Waals surface area contributed by atoms with Crippen molar-refractivity contribution >= 4 is 45.3 Å². The number of hydrogen-bond acceptors (Lipinski definition) is 8. The number of piperidine rings is 1. The fourth-order valence-corrected chi connectivity index (χ4v) is 11.7. The highest BCUT2D eigenvalue weighted by atomic mass is 32.2. The number of urea groups is 1. The Morgan fingerprint density at radius 1 is 0.833 bits per heavy atom. The molecule has 6 atom stereocenters. The molecule has 4 aliphatic carbocycles. The van der Waals surface area contributed by atoms with Gasteiger partial charge in [0.05, 0.1) is 22.1 Å². The fraction of sp³-hybridized carbons (Fsp3) is 0.822. The van der Waals surface area contributed by atoms with Crippen LogP contribution in [0.15, 0.2) is 12.7 Å². The van der Waals surface area contributed by atoms with Crippen molar-refractivity contribution in [2.24, 2.45) is 34.0 Å². The summed E-state index contributed by atoms with van der Waals surface area (Å²) in [5.74, 6) is -3.12. The van der Waals surface area contributed by atoms with Gasteiger partial charge in [0.1, 0.15) is 18.1 Å². The molecule has 0 aromatic heterocycles. The van der Waals surface area contributed by atoms with Gasteiger partial charge in [0, 0.05) is 13.1 Å². The predicted molar refractivity (Wildman–Crippen MR) is 231 cm³/mol. The van der Waals surface area contributed by atoms with Crippen molar-refractivity contribution < 1.29 is 37.2 Å². The van der Waals surface area contributed by atoms with Crippen molar-refractivity contribution in [2.75, 3.05) is 18.8 Å². The summed E-state index contributed by atoms with van der Waals surface area (Å²) < 4.78 is 26.0. The number of Topliss-reactive ketones (excluding diaryl/α,β-unsaturated/α-hetero) is 1. The second-order valence-electron chi connectivity index (χ2n) is 21.8. The number of likely N-dealkylation sites (tertiary alicyclic amines) is 1. The third-order valence-corrected chi connectivity index (χ3v) is 17.3. The van der Waals surface area contributed by atoms with Gasteiger partial charge in [-0.05, 0) is 86.9 Å². The number of ketones is 1. The second-order valence-corrected chi connectivity index (χ2v) is 24.5. The van der Waals surface area contributed by atoms with E-state index in [-0.39, 0.29) is 35.5 Å². The number of nitrogens with one attached hydrogen (secondary N) is 5. The van der Waals surface area contributed by atoms with Crippen LogP contribution in [0.3, 0.4) is 0 Å². The summed E-state index contributed by atoms with van der Waals surface area (Å²) in [7, 11) is -3.60. The first kappa shape index (κ1) is 47.6. The molecule has 1 aliphatic heterocycles. The summed E-state index contributed by atoms with van der Waals surface area (Å²) in [5.41, 5.74) is -2.69. The highest BCUT2D eigenvalue weighted by Crippen LogP contribution is 2.65. The highest BCUT2D eigenvalue weighted by molar-refractivity contribution is 7.92. The topological polar surface area (TPSA) is 200 Å². The van der Waals surface area contributed by atoms with Crippen LogP contribution in [-0.2, 0) is 33.8 Å². The van der Waals surface area contributed by atoms with E-state index in [1.54, 1.807) is 25.7 Å². The van der Waals surface area contributed by atoms with Crippen molar-refractivity contribution in [3.8, 4) is 0 Å². The van der Waals surface area contributed by atoms with Crippen LogP contribution in [0, 0.1) is 34.0 Å². The van der Waals surface area contributed by atoms with Gasteiger partial charge in [-0.3, -0.25) is 24.0 Å². The molecule has 5 N–H and O–H groups in total. The standard InChI is InChI=1S/C45H74N6O8S/c1-11-24-46-37(54)33(52)30(25-28-18-19-28)47-36(53)32-31-29(43(31,8)9)26-51(32)39(56)35(41(2,3)4)48-38(55)34(44(10)20-14-12-15-21-44)49-40(57)50-45(22-16-13-17-23-45)27-60(58,59)42(5,6)7/h11,28-32,34-35H,1,12-27H2,2-10H3,(H,46,54)(H,47,53)(H,48,55)(H2,49,50,57)/t29-,30?,31-,32-,34+,35+/m0/s1. The molecule has 0 spiro atoms. The SMILES string of the molecule is C=CCNC(=O)C(=O)C(CC1CC1)NC(=O)[C@@H]1[C@@H]2[C@H](CN1C(=O)[C@@H](NC(=O)[C@@H](NC(=O)NC1(CS(=O)(=O)C(C)(C)C)CCCCC1)C1(C)CCCCC1)C(C)(C)C)C2(C)C. The maximum atomic E-state index is 14.9. The summed E-state index contributed by atoms with van der Waals surface area (Å²) in [6, 6.07) is -4.70. The van der Waals surface area contributed by atoms with Crippen molar-refractivity contribution in [1.29, 1.82) is 0 Å². The van der Waals surface area contributed by atoms with E-state index in [2.05, 4.69) is 47.0 Å². The molecule has 14 nitrogen and oxygen atoms in total. The molecule has 4 saturated carbocycles. The lowest BCUT2D eigenvalue weighted by atomic mass is 9.70. The van der Waals surface area contributed by atoms with E-state index in [1.807, 2.05) is 27.7 Å². The maximum Gasteiger partial charge on any atom is 0.315 e. The van der Waals surface area contributed by atoms with E-state index in [1.165, 1.54) is 6.08 Å². The average molecular weight is 859 g/mol. The van der Waals surface area contributed by atoms with Gasteiger partial charge in [0.25, 0.3) is 5.91 Å². The highest BCUT2D eigenvalue weighted by Gasteiger charge is 2.70. The average Bonchev–Trinajstić information content (AvgIpc) is 4.01. The first-order valence-electron chi connectivity index (χ1n) is 22.4. The van der Waals surface area contributed by atoms with E-state index < -0.39 is 90.6 Å². The zero-order valence-corrected chi connectivity index (χ0v) is 38.6. The lowest BCUT2D eigenvalue weighted by Crippen LogP contribution is -2.66. The Kier molecular flexibility index (Phi) is 14.0. The van der Waals surface area contributed by atoms with Crippen molar-refractivity contribution in [2.45, 2.75) is 180 Å². The van der Waals surface area contributed by atoms with Gasteiger partial charge in [-0.2, -0.15) is 0 Å². The Morgan fingerprint density at radius 2 is 1.42 bits per heavy atom. The number of rotatable bonds is 16. The molecule has 60 heavy (non-hydrogen) atoms. The van der Waals surface area contributed by atoms with Crippen LogP contribution in [-0.4, -0.2) is 102 Å². The molecule has 338 valence electrons. The molecule has 5 aliphatic rings. The number of fused-ring (bicyclic) bond motifs is 1. The number of amides is 6. The second kappa shape index (κ2) is 17.7. The molecule has 0 aromatic rings. The van der Waals surface area contributed by atoms with E-state index in [4.69, 9.17) is 0 Å². The number of carbonyl (C=O) groups excluding carboxylic acids is 6. The zero-order chi connectivity index (χ0) is 44.6. The van der Waals surface area contributed by atoms with Crippen LogP contribution >= 0.6 is 0 Å². The van der Waals surface area contributed by atoms with Gasteiger partial charge in [-0.1, -0.05) is 99.0 Å². The summed E-state index contributed by atoms with van der Waals surface area (Å²) in [6.45, 7) is 20.6. The normalized spacial score (nSPS) is 25.9. The van der Waals surface area contributed by atoms with Gasteiger partial charge >= 0.3 is 6.03 Å². The van der Waals surface area contributed by atoms with E-state index in [0.29, 0.717) is 38.6 Å². The minimum atomic E-state index is -3.60. The van der Waals surface area contributed by atoms with Crippen LogP contribution in [0.2, 0.25) is 0 Å². The summed E-state index contributed by atoms with van der Waals surface area (Å²) in [5, 5.41) is 14.5. The quantitative estimate of drug-likeness (QED) is 0.109. The monoisotopic (exact) mass is 859 g/mol. The van der Waals surface area contributed by atoms with Crippen LogP contribution in [0.4, 0.5) is 4.79 Å². The molecule has 1 heterocycles. The third kappa shape index (κ3) is 10.6. The number of carbonyl (C=O) groups is 6. The van der Waals surface area contributed by atoms with Gasteiger partial charge in [-0.15, -0.1) is 6.58 Å². The molecule has 0 aromatic carbocycles. The van der Waals surface area contributed by atoms with Gasteiger partial charge in [0.15, 0.2) is 9.84 Å². The van der Waals surface area contributed by atoms with Crippen LogP contribution < -0.4 is 26.6 Å². The largest absolute Gasteiger partial charge is 0.346 e. The molecule has 6 amide bonds. The Hall–Kier alpha value is -3.49. The first-order valence-corrected chi connectivity index (χ1v) is 24.1. The molecule has 15 heteroatoms. The maximum absolute atomic E-state index is 14.9. The summed E-state index contributed by atoms with van der Waals surface area (Å²) in [4.78, 5) is 85.8. The smallest absolute Gasteiger partial charge is 0.315 e. The minimum absolute atomic E-state index is 0.0236. The van der Waals surface area contributed by atoms with Crippen LogP contribution in [0.1, 0.15) is 146 Å². The molecule has 5 fully saturated rings. The lowest BCUT2D eigenvalue weighted by Gasteiger charge is -2.44. The number of nitrogens with zero attached hydrogens (tertiary/aromatic N) is 1.